The highest BCUT2D eigenvalue weighted by atomic mass is 16.5. The molecule has 2 rings (SSSR count). The molecule has 0 unspecified atom stereocenters. The van der Waals surface area contributed by atoms with Crippen molar-refractivity contribution in [2.75, 3.05) is 12.3 Å². The second-order valence-electron chi connectivity index (χ2n) is 4.24. The van der Waals surface area contributed by atoms with Crippen LogP contribution in [0.15, 0.2) is 30.3 Å². The summed E-state index contributed by atoms with van der Waals surface area (Å²) in [5.41, 5.74) is 7.93. The van der Waals surface area contributed by atoms with Crippen molar-refractivity contribution in [1.29, 1.82) is 0 Å². The number of aromatic nitrogens is 2. The van der Waals surface area contributed by atoms with E-state index in [1.54, 1.807) is 4.68 Å². The topological polar surface area (TPSA) is 53.1 Å². The highest BCUT2D eigenvalue weighted by molar-refractivity contribution is 5.33. The summed E-state index contributed by atoms with van der Waals surface area (Å²) in [6, 6.07) is 10.0. The van der Waals surface area contributed by atoms with Crippen LogP contribution in [0.3, 0.4) is 0 Å². The van der Waals surface area contributed by atoms with Gasteiger partial charge in [0.25, 0.3) is 0 Å². The fraction of sp³-hybridized carbons (Fsp3) is 0.357. The fourth-order valence-corrected chi connectivity index (χ4v) is 1.87. The summed E-state index contributed by atoms with van der Waals surface area (Å²) < 4.78 is 7.47. The van der Waals surface area contributed by atoms with Gasteiger partial charge in [-0.2, -0.15) is 5.10 Å². The lowest BCUT2D eigenvalue weighted by molar-refractivity contribution is 0.317. The van der Waals surface area contributed by atoms with Gasteiger partial charge in [0.15, 0.2) is 0 Å². The molecule has 1 aromatic heterocycles. The molecule has 0 spiro atoms. The Morgan fingerprint density at radius 1 is 1.33 bits per heavy atom. The summed E-state index contributed by atoms with van der Waals surface area (Å²) in [4.78, 5) is 0. The summed E-state index contributed by atoms with van der Waals surface area (Å²) >= 11 is 0. The summed E-state index contributed by atoms with van der Waals surface area (Å²) in [5.74, 6) is 1.64. The summed E-state index contributed by atoms with van der Waals surface area (Å²) in [6.45, 7) is 2.75. The number of para-hydroxylation sites is 1. The SMILES string of the molecule is CCc1ccccc1OCCc1cc(N)n(C)n1. The average Bonchev–Trinajstić information content (AvgIpc) is 2.69. The Kier molecular flexibility index (Phi) is 3.87. The zero-order chi connectivity index (χ0) is 13.0. The molecule has 18 heavy (non-hydrogen) atoms. The van der Waals surface area contributed by atoms with Gasteiger partial charge in [-0.1, -0.05) is 25.1 Å². The Morgan fingerprint density at radius 2 is 2.11 bits per heavy atom. The first-order chi connectivity index (χ1) is 8.70. The molecule has 0 fully saturated rings. The number of nitrogen functional groups attached to an aromatic ring is 1. The molecule has 1 heterocycles. The van der Waals surface area contributed by atoms with Crippen LogP contribution in [0.1, 0.15) is 18.2 Å². The molecule has 0 saturated heterocycles. The number of nitrogens with two attached hydrogens (primary N) is 1. The minimum Gasteiger partial charge on any atom is -0.493 e. The van der Waals surface area contributed by atoms with Gasteiger partial charge < -0.3 is 10.5 Å². The third kappa shape index (κ3) is 2.83. The van der Waals surface area contributed by atoms with Crippen molar-refractivity contribution in [2.45, 2.75) is 19.8 Å². The molecule has 4 nitrogen and oxygen atoms in total. The van der Waals surface area contributed by atoms with Crippen LogP contribution in [0.4, 0.5) is 5.82 Å². The zero-order valence-corrected chi connectivity index (χ0v) is 10.9. The van der Waals surface area contributed by atoms with E-state index < -0.39 is 0 Å². The molecule has 0 radical (unpaired) electrons. The summed E-state index contributed by atoms with van der Waals surface area (Å²) in [7, 11) is 1.84. The Bertz CT molecular complexity index is 500. The molecule has 0 bridgehead atoms. The Balaban J connectivity index is 1.92. The van der Waals surface area contributed by atoms with Crippen LogP contribution in [0.2, 0.25) is 0 Å². The van der Waals surface area contributed by atoms with Crippen LogP contribution in [-0.4, -0.2) is 16.4 Å². The maximum Gasteiger partial charge on any atom is 0.122 e. The fourth-order valence-electron chi connectivity index (χ4n) is 1.87. The van der Waals surface area contributed by atoms with E-state index >= 15 is 0 Å². The first kappa shape index (κ1) is 12.5. The summed E-state index contributed by atoms with van der Waals surface area (Å²) in [6.07, 6.45) is 1.75. The number of rotatable bonds is 5. The van der Waals surface area contributed by atoms with Crippen LogP contribution in [0.25, 0.3) is 0 Å². The number of nitrogens with zero attached hydrogens (tertiary/aromatic N) is 2. The highest BCUT2D eigenvalue weighted by Crippen LogP contribution is 2.18. The molecule has 1 aromatic carbocycles. The minimum absolute atomic E-state index is 0.619. The van der Waals surface area contributed by atoms with Gasteiger partial charge in [-0.05, 0) is 18.1 Å². The van der Waals surface area contributed by atoms with Crippen LogP contribution >= 0.6 is 0 Å². The number of benzene rings is 1. The number of hydrogen-bond acceptors (Lipinski definition) is 3. The first-order valence-electron chi connectivity index (χ1n) is 6.19. The van der Waals surface area contributed by atoms with Crippen LogP contribution in [0, 0.1) is 0 Å². The van der Waals surface area contributed by atoms with Crippen LogP contribution < -0.4 is 10.5 Å². The molecular weight excluding hydrogens is 226 g/mol. The van der Waals surface area contributed by atoms with Gasteiger partial charge in [0.1, 0.15) is 11.6 Å². The second kappa shape index (κ2) is 5.58. The van der Waals surface area contributed by atoms with E-state index in [2.05, 4.69) is 18.1 Å². The quantitative estimate of drug-likeness (QED) is 0.878. The number of ether oxygens (including phenoxy) is 1. The van der Waals surface area contributed by atoms with Gasteiger partial charge in [-0.15, -0.1) is 0 Å². The van der Waals surface area contributed by atoms with E-state index in [0.29, 0.717) is 12.4 Å². The lowest BCUT2D eigenvalue weighted by atomic mass is 10.1. The van der Waals surface area contributed by atoms with Gasteiger partial charge in [-0.25, -0.2) is 0 Å². The van der Waals surface area contributed by atoms with Crippen molar-refractivity contribution in [3.63, 3.8) is 0 Å². The highest BCUT2D eigenvalue weighted by Gasteiger charge is 2.04. The molecule has 0 amide bonds. The van der Waals surface area contributed by atoms with Crippen molar-refractivity contribution in [2.24, 2.45) is 7.05 Å². The van der Waals surface area contributed by atoms with Crippen LogP contribution in [0.5, 0.6) is 5.75 Å². The smallest absolute Gasteiger partial charge is 0.122 e. The van der Waals surface area contributed by atoms with E-state index in [4.69, 9.17) is 10.5 Å². The maximum atomic E-state index is 5.79. The Labute approximate surface area is 107 Å². The molecule has 2 aromatic rings. The standard InChI is InChI=1S/C14H19N3O/c1-3-11-6-4-5-7-13(11)18-9-8-12-10-14(15)17(2)16-12/h4-7,10H,3,8-9,15H2,1-2H3. The Hall–Kier alpha value is -1.97. The molecule has 0 aliphatic heterocycles. The molecule has 0 aliphatic carbocycles. The molecule has 0 atom stereocenters. The van der Waals surface area contributed by atoms with Crippen molar-refractivity contribution in [3.8, 4) is 5.75 Å². The lowest BCUT2D eigenvalue weighted by Gasteiger charge is -2.09. The number of hydrogen-bond donors (Lipinski definition) is 1. The van der Waals surface area contributed by atoms with Crippen molar-refractivity contribution < 1.29 is 4.74 Å². The predicted molar refractivity (Wildman–Crippen MR) is 72.6 cm³/mol. The molecule has 2 N–H and O–H groups in total. The van der Waals surface area contributed by atoms with E-state index in [0.717, 1.165) is 24.3 Å². The van der Waals surface area contributed by atoms with Crippen molar-refractivity contribution in [1.82, 2.24) is 9.78 Å². The lowest BCUT2D eigenvalue weighted by Crippen LogP contribution is -2.04. The average molecular weight is 245 g/mol. The second-order valence-corrected chi connectivity index (χ2v) is 4.24. The Morgan fingerprint density at radius 3 is 2.78 bits per heavy atom. The first-order valence-corrected chi connectivity index (χ1v) is 6.19. The van der Waals surface area contributed by atoms with Gasteiger partial charge in [-0.3, -0.25) is 4.68 Å². The third-order valence-corrected chi connectivity index (χ3v) is 2.94. The van der Waals surface area contributed by atoms with Crippen molar-refractivity contribution in [3.05, 3.63) is 41.6 Å². The van der Waals surface area contributed by atoms with Gasteiger partial charge >= 0.3 is 0 Å². The number of aryl methyl sites for hydroxylation is 2. The van der Waals surface area contributed by atoms with Crippen molar-refractivity contribution >= 4 is 5.82 Å². The van der Waals surface area contributed by atoms with E-state index in [1.165, 1.54) is 5.56 Å². The normalized spacial score (nSPS) is 10.6. The largest absolute Gasteiger partial charge is 0.493 e. The molecular formula is C14H19N3O. The predicted octanol–water partition coefficient (Wildman–Crippen LogP) is 2.19. The monoisotopic (exact) mass is 245 g/mol. The molecule has 0 saturated carbocycles. The van der Waals surface area contributed by atoms with E-state index in [-0.39, 0.29) is 0 Å². The van der Waals surface area contributed by atoms with E-state index in [1.807, 2.05) is 31.3 Å². The summed E-state index contributed by atoms with van der Waals surface area (Å²) in [5, 5.41) is 4.30. The van der Waals surface area contributed by atoms with Gasteiger partial charge in [0, 0.05) is 19.5 Å². The third-order valence-electron chi connectivity index (χ3n) is 2.94. The van der Waals surface area contributed by atoms with Gasteiger partial charge in [0.2, 0.25) is 0 Å². The maximum absolute atomic E-state index is 5.79. The van der Waals surface area contributed by atoms with E-state index in [9.17, 15) is 0 Å². The molecule has 96 valence electrons. The molecule has 0 aliphatic rings. The van der Waals surface area contributed by atoms with Crippen LogP contribution in [-0.2, 0) is 19.9 Å². The van der Waals surface area contributed by atoms with Gasteiger partial charge in [0.05, 0.1) is 12.3 Å². The minimum atomic E-state index is 0.619. The number of anilines is 1. The molecule has 4 heteroatoms. The zero-order valence-electron chi connectivity index (χ0n) is 10.9.